The van der Waals surface area contributed by atoms with E-state index in [1.807, 2.05) is 0 Å². The number of rotatable bonds is 2. The van der Waals surface area contributed by atoms with Gasteiger partial charge in [0.1, 0.15) is 0 Å². The Bertz CT molecular complexity index is 467. The average Bonchev–Trinajstić information content (AvgIpc) is 2.18. The summed E-state index contributed by atoms with van der Waals surface area (Å²) >= 11 is 0. The van der Waals surface area contributed by atoms with Crippen molar-refractivity contribution in [3.8, 4) is 6.19 Å². The summed E-state index contributed by atoms with van der Waals surface area (Å²) in [5.74, 6) is -1.85. The van der Waals surface area contributed by atoms with E-state index < -0.39 is 22.3 Å². The van der Waals surface area contributed by atoms with Crippen LogP contribution in [0.25, 0.3) is 0 Å². The first-order valence-corrected chi connectivity index (χ1v) is 3.69. The third-order valence-corrected chi connectivity index (χ3v) is 1.57. The summed E-state index contributed by atoms with van der Waals surface area (Å²) < 4.78 is 12.8. The number of hydrogen-bond acceptors (Lipinski definition) is 4. The second kappa shape index (κ2) is 4.15. The lowest BCUT2D eigenvalue weighted by Gasteiger charge is -1.98. The molecule has 0 aliphatic carbocycles. The number of carbonyl (C=O) groups excluding carboxylic acids is 1. The first kappa shape index (κ1) is 10.6. The molecule has 1 amide bonds. The van der Waals surface area contributed by atoms with Gasteiger partial charge in [0.15, 0.2) is 6.19 Å². The second-order valence-corrected chi connectivity index (χ2v) is 2.49. The van der Waals surface area contributed by atoms with E-state index in [2.05, 4.69) is 0 Å². The monoisotopic (exact) mass is 209 g/mol. The van der Waals surface area contributed by atoms with Gasteiger partial charge in [-0.15, -0.1) is 0 Å². The minimum absolute atomic E-state index is 0.148. The van der Waals surface area contributed by atoms with Crippen LogP contribution < -0.4 is 5.32 Å². The summed E-state index contributed by atoms with van der Waals surface area (Å²) in [6.07, 6.45) is 1.37. The fourth-order valence-electron chi connectivity index (χ4n) is 0.917. The molecule has 15 heavy (non-hydrogen) atoms. The lowest BCUT2D eigenvalue weighted by Crippen LogP contribution is -2.17. The van der Waals surface area contributed by atoms with Gasteiger partial charge in [-0.1, -0.05) is 0 Å². The molecule has 0 atom stereocenters. The Morgan fingerprint density at radius 3 is 2.80 bits per heavy atom. The molecule has 1 N–H and O–H groups in total. The minimum atomic E-state index is -1.03. The van der Waals surface area contributed by atoms with Crippen molar-refractivity contribution in [2.75, 3.05) is 0 Å². The molecule has 0 saturated carbocycles. The van der Waals surface area contributed by atoms with Gasteiger partial charge in [-0.2, -0.15) is 9.65 Å². The van der Waals surface area contributed by atoms with E-state index in [0.29, 0.717) is 0 Å². The van der Waals surface area contributed by atoms with Crippen LogP contribution in [0, 0.1) is 27.4 Å². The second-order valence-electron chi connectivity index (χ2n) is 2.49. The lowest BCUT2D eigenvalue weighted by molar-refractivity contribution is -0.387. The maximum atomic E-state index is 12.8. The summed E-state index contributed by atoms with van der Waals surface area (Å²) in [7, 11) is 0. The summed E-state index contributed by atoms with van der Waals surface area (Å²) in [5, 5.41) is 20.2. The maximum absolute atomic E-state index is 12.8. The number of benzene rings is 1. The molecular weight excluding hydrogens is 205 g/mol. The number of nitro benzene ring substituents is 1. The number of nitro groups is 1. The fourth-order valence-corrected chi connectivity index (χ4v) is 0.917. The third-order valence-electron chi connectivity index (χ3n) is 1.57. The largest absolute Gasteiger partial charge is 0.305 e. The Morgan fingerprint density at radius 1 is 1.60 bits per heavy atom. The Kier molecular flexibility index (Phi) is 2.93. The summed E-state index contributed by atoms with van der Waals surface area (Å²) in [6.45, 7) is 0. The van der Waals surface area contributed by atoms with Crippen molar-refractivity contribution in [3.63, 3.8) is 0 Å². The summed E-state index contributed by atoms with van der Waals surface area (Å²) in [5.41, 5.74) is -0.953. The van der Waals surface area contributed by atoms with E-state index in [-0.39, 0.29) is 5.56 Å². The van der Waals surface area contributed by atoms with Crippen molar-refractivity contribution < 1.29 is 14.1 Å². The lowest BCUT2D eigenvalue weighted by atomic mass is 10.2. The van der Waals surface area contributed by atoms with Crippen molar-refractivity contribution in [1.82, 2.24) is 5.32 Å². The topological polar surface area (TPSA) is 96.0 Å². The molecule has 1 aromatic rings. The fraction of sp³-hybridized carbons (Fsp3) is 0. The van der Waals surface area contributed by atoms with Crippen LogP contribution in [0.4, 0.5) is 10.1 Å². The predicted molar refractivity (Wildman–Crippen MR) is 46.1 cm³/mol. The third kappa shape index (κ3) is 2.25. The molecule has 1 aromatic carbocycles. The zero-order valence-electron chi connectivity index (χ0n) is 7.23. The van der Waals surface area contributed by atoms with Gasteiger partial charge in [-0.3, -0.25) is 20.2 Å². The van der Waals surface area contributed by atoms with Crippen LogP contribution in [-0.4, -0.2) is 10.8 Å². The summed E-state index contributed by atoms with van der Waals surface area (Å²) in [6, 6.07) is 2.61. The molecule has 0 fully saturated rings. The molecule has 1 rings (SSSR count). The average molecular weight is 209 g/mol. The Morgan fingerprint density at radius 2 is 2.27 bits per heavy atom. The Hall–Kier alpha value is -2.49. The SMILES string of the molecule is N#CNC(=O)c1ccc(F)c([N+](=O)[O-])c1. The van der Waals surface area contributed by atoms with Crippen molar-refractivity contribution in [1.29, 1.82) is 5.26 Å². The minimum Gasteiger partial charge on any atom is -0.268 e. The van der Waals surface area contributed by atoms with Gasteiger partial charge >= 0.3 is 5.69 Å². The normalized spacial score (nSPS) is 9.07. The molecule has 0 saturated heterocycles. The Balaban J connectivity index is 3.14. The van der Waals surface area contributed by atoms with E-state index in [0.717, 1.165) is 18.2 Å². The number of amides is 1. The van der Waals surface area contributed by atoms with E-state index in [9.17, 15) is 19.3 Å². The van der Waals surface area contributed by atoms with E-state index in [1.165, 1.54) is 6.19 Å². The smallest absolute Gasteiger partial charge is 0.268 e. The van der Waals surface area contributed by atoms with Gasteiger partial charge < -0.3 is 0 Å². The van der Waals surface area contributed by atoms with Gasteiger partial charge in [0.2, 0.25) is 5.82 Å². The highest BCUT2D eigenvalue weighted by molar-refractivity contribution is 5.95. The standard InChI is InChI=1S/C8H4FN3O3/c9-6-2-1-5(8(13)11-4-10)3-7(6)12(14)15/h1-3H,(H,11,13). The van der Waals surface area contributed by atoms with Gasteiger partial charge in [0.05, 0.1) is 4.92 Å². The van der Waals surface area contributed by atoms with Crippen LogP contribution in [0.3, 0.4) is 0 Å². The molecule has 0 aliphatic rings. The first-order valence-electron chi connectivity index (χ1n) is 3.69. The predicted octanol–water partition coefficient (Wildman–Crippen LogP) is 0.945. The van der Waals surface area contributed by atoms with Crippen LogP contribution in [0.1, 0.15) is 10.4 Å². The quantitative estimate of drug-likeness (QED) is 0.339. The van der Waals surface area contributed by atoms with Gasteiger partial charge in [-0.25, -0.2) is 0 Å². The molecule has 0 spiro atoms. The number of nitrogens with one attached hydrogen (secondary N) is 1. The maximum Gasteiger partial charge on any atom is 0.305 e. The molecule has 7 heteroatoms. The van der Waals surface area contributed by atoms with Crippen molar-refractivity contribution in [2.45, 2.75) is 0 Å². The first-order chi connectivity index (χ1) is 7.06. The highest BCUT2D eigenvalue weighted by Gasteiger charge is 2.17. The zero-order chi connectivity index (χ0) is 11.4. The van der Waals surface area contributed by atoms with Crippen LogP contribution >= 0.6 is 0 Å². The number of halogens is 1. The number of nitriles is 1. The molecule has 0 bridgehead atoms. The van der Waals surface area contributed by atoms with Gasteiger partial charge in [-0.05, 0) is 12.1 Å². The van der Waals surface area contributed by atoms with E-state index >= 15 is 0 Å². The zero-order valence-corrected chi connectivity index (χ0v) is 7.23. The molecular formula is C8H4FN3O3. The van der Waals surface area contributed by atoms with Gasteiger partial charge in [0.25, 0.3) is 5.91 Å². The van der Waals surface area contributed by atoms with Crippen LogP contribution in [-0.2, 0) is 0 Å². The highest BCUT2D eigenvalue weighted by atomic mass is 19.1. The van der Waals surface area contributed by atoms with Crippen LogP contribution in [0.5, 0.6) is 0 Å². The van der Waals surface area contributed by atoms with Crippen molar-refractivity contribution >= 4 is 11.6 Å². The van der Waals surface area contributed by atoms with Crippen LogP contribution in [0.15, 0.2) is 18.2 Å². The molecule has 0 unspecified atom stereocenters. The van der Waals surface area contributed by atoms with Crippen LogP contribution in [0.2, 0.25) is 0 Å². The van der Waals surface area contributed by atoms with E-state index in [1.54, 1.807) is 5.32 Å². The number of carbonyl (C=O) groups is 1. The molecule has 0 aliphatic heterocycles. The molecule has 76 valence electrons. The van der Waals surface area contributed by atoms with Gasteiger partial charge in [0, 0.05) is 11.6 Å². The molecule has 6 nitrogen and oxygen atoms in total. The van der Waals surface area contributed by atoms with Crippen molar-refractivity contribution in [2.24, 2.45) is 0 Å². The summed E-state index contributed by atoms with van der Waals surface area (Å²) in [4.78, 5) is 20.4. The number of hydrogen-bond donors (Lipinski definition) is 1. The van der Waals surface area contributed by atoms with Crippen molar-refractivity contribution in [3.05, 3.63) is 39.7 Å². The van der Waals surface area contributed by atoms with E-state index in [4.69, 9.17) is 5.26 Å². The Labute approximate surface area is 83.1 Å². The number of nitrogens with zero attached hydrogens (tertiary/aromatic N) is 2. The molecule has 0 radical (unpaired) electrons. The molecule has 0 heterocycles. The molecule has 0 aromatic heterocycles. The highest BCUT2D eigenvalue weighted by Crippen LogP contribution is 2.18.